The van der Waals surface area contributed by atoms with Gasteiger partial charge in [-0.15, -0.1) is 0 Å². The molecule has 2 aromatic carbocycles. The molecule has 0 N–H and O–H groups in total. The quantitative estimate of drug-likeness (QED) is 0.619. The summed E-state index contributed by atoms with van der Waals surface area (Å²) in [5.74, 6) is -0.296. The van der Waals surface area contributed by atoms with E-state index in [1.54, 1.807) is 12.1 Å². The lowest BCUT2D eigenvalue weighted by atomic mass is 10.0. The predicted octanol–water partition coefficient (Wildman–Crippen LogP) is 3.93. The van der Waals surface area contributed by atoms with Crippen molar-refractivity contribution in [2.24, 2.45) is 0 Å². The molecule has 0 bridgehead atoms. The van der Waals surface area contributed by atoms with Crippen molar-refractivity contribution in [3.8, 4) is 0 Å². The average molecular weight is 264 g/mol. The first-order valence-corrected chi connectivity index (χ1v) is 6.47. The molecule has 0 heterocycles. The maximum Gasteiger partial charge on any atom is 0.186 e. The van der Waals surface area contributed by atoms with Gasteiger partial charge in [0.25, 0.3) is 0 Å². The lowest BCUT2D eigenvalue weighted by Gasteiger charge is -2.01. The van der Waals surface area contributed by atoms with Crippen molar-refractivity contribution in [2.45, 2.75) is 13.8 Å². The molecule has 0 aliphatic rings. The minimum absolute atomic E-state index is 0.148. The monoisotopic (exact) mass is 264 g/mol. The van der Waals surface area contributed by atoms with Crippen LogP contribution in [0.25, 0.3) is 0 Å². The number of allylic oxidation sites excluding steroid dienone is 2. The van der Waals surface area contributed by atoms with Gasteiger partial charge in [0.1, 0.15) is 0 Å². The molecular weight excluding hydrogens is 248 g/mol. The topological polar surface area (TPSA) is 34.1 Å². The predicted molar refractivity (Wildman–Crippen MR) is 80.2 cm³/mol. The first-order chi connectivity index (χ1) is 9.59. The van der Waals surface area contributed by atoms with Crippen LogP contribution in [-0.2, 0) is 0 Å². The highest BCUT2D eigenvalue weighted by molar-refractivity contribution is 6.12. The van der Waals surface area contributed by atoms with Crippen LogP contribution in [0.15, 0.2) is 60.7 Å². The van der Waals surface area contributed by atoms with Crippen LogP contribution in [-0.4, -0.2) is 11.6 Å². The molecule has 0 spiro atoms. The second kappa shape index (κ2) is 6.11. The summed E-state index contributed by atoms with van der Waals surface area (Å²) in [4.78, 5) is 24.1. The first-order valence-electron chi connectivity index (χ1n) is 6.47. The maximum atomic E-state index is 12.0. The molecule has 0 aromatic heterocycles. The molecule has 2 heteroatoms. The molecule has 0 amide bonds. The van der Waals surface area contributed by atoms with Crippen LogP contribution >= 0.6 is 0 Å². The zero-order valence-electron chi connectivity index (χ0n) is 11.6. The zero-order chi connectivity index (χ0) is 14.5. The zero-order valence-corrected chi connectivity index (χ0v) is 11.6. The summed E-state index contributed by atoms with van der Waals surface area (Å²) in [5, 5.41) is 0. The van der Waals surface area contributed by atoms with Crippen LogP contribution in [0.4, 0.5) is 0 Å². The molecule has 2 rings (SSSR count). The van der Waals surface area contributed by atoms with Crippen LogP contribution in [0.3, 0.4) is 0 Å². The second-order valence-electron chi connectivity index (χ2n) is 4.69. The van der Waals surface area contributed by atoms with Crippen LogP contribution in [0.1, 0.15) is 31.8 Å². The van der Waals surface area contributed by atoms with Crippen molar-refractivity contribution < 1.29 is 9.59 Å². The van der Waals surface area contributed by atoms with Gasteiger partial charge in [-0.3, -0.25) is 9.59 Å². The number of rotatable bonds is 4. The number of hydrogen-bond donors (Lipinski definition) is 0. The molecule has 2 nitrogen and oxygen atoms in total. The van der Waals surface area contributed by atoms with Crippen LogP contribution in [0, 0.1) is 13.8 Å². The van der Waals surface area contributed by atoms with E-state index in [0.717, 1.165) is 11.1 Å². The average Bonchev–Trinajstić information content (AvgIpc) is 2.45. The summed E-state index contributed by atoms with van der Waals surface area (Å²) in [5.41, 5.74) is 3.07. The van der Waals surface area contributed by atoms with Crippen LogP contribution < -0.4 is 0 Å². The summed E-state index contributed by atoms with van der Waals surface area (Å²) < 4.78 is 0. The third-order valence-electron chi connectivity index (χ3n) is 3.21. The van der Waals surface area contributed by atoms with Gasteiger partial charge in [0.2, 0.25) is 0 Å². The molecule has 20 heavy (non-hydrogen) atoms. The van der Waals surface area contributed by atoms with Gasteiger partial charge in [0, 0.05) is 11.1 Å². The van der Waals surface area contributed by atoms with E-state index in [1.807, 2.05) is 50.2 Å². The van der Waals surface area contributed by atoms with Crippen molar-refractivity contribution in [3.05, 3.63) is 82.9 Å². The van der Waals surface area contributed by atoms with Gasteiger partial charge in [0.05, 0.1) is 0 Å². The fourth-order valence-electron chi connectivity index (χ4n) is 2.03. The summed E-state index contributed by atoms with van der Waals surface area (Å²) in [6.45, 7) is 3.76. The van der Waals surface area contributed by atoms with Gasteiger partial charge in [0.15, 0.2) is 11.6 Å². The Bertz CT molecular complexity index is 622. The largest absolute Gasteiger partial charge is 0.289 e. The van der Waals surface area contributed by atoms with E-state index in [-0.39, 0.29) is 11.6 Å². The smallest absolute Gasteiger partial charge is 0.186 e. The highest BCUT2D eigenvalue weighted by Gasteiger charge is 2.07. The molecule has 0 saturated carbocycles. The van der Waals surface area contributed by atoms with Gasteiger partial charge < -0.3 is 0 Å². The Hall–Kier alpha value is -2.48. The van der Waals surface area contributed by atoms with Gasteiger partial charge in [-0.25, -0.2) is 0 Å². The molecular formula is C18H16O2. The summed E-state index contributed by atoms with van der Waals surface area (Å²) in [6.07, 6.45) is 2.69. The van der Waals surface area contributed by atoms with E-state index in [9.17, 15) is 9.59 Å². The van der Waals surface area contributed by atoms with E-state index in [4.69, 9.17) is 0 Å². The van der Waals surface area contributed by atoms with Gasteiger partial charge in [-0.05, 0) is 37.1 Å². The van der Waals surface area contributed by atoms with Crippen molar-refractivity contribution in [3.63, 3.8) is 0 Å². The summed E-state index contributed by atoms with van der Waals surface area (Å²) >= 11 is 0. The number of hydrogen-bond acceptors (Lipinski definition) is 2. The Morgan fingerprint density at radius 3 is 1.40 bits per heavy atom. The van der Waals surface area contributed by atoms with E-state index >= 15 is 0 Å². The fraction of sp³-hybridized carbons (Fsp3) is 0.111. The number of aryl methyl sites for hydroxylation is 2. The maximum absolute atomic E-state index is 12.0. The van der Waals surface area contributed by atoms with Gasteiger partial charge in [-0.1, -0.05) is 48.5 Å². The Morgan fingerprint density at radius 2 is 1.05 bits per heavy atom. The lowest BCUT2D eigenvalue weighted by Crippen LogP contribution is -2.01. The molecule has 100 valence electrons. The number of carbonyl (C=O) groups is 2. The standard InChI is InChI=1S/C18H16O2/c1-13-7-3-5-9-15(13)17(19)11-12-18(20)16-10-6-4-8-14(16)2/h3-12H,1-2H3/b12-11+. The minimum atomic E-state index is -0.148. The first kappa shape index (κ1) is 13.9. The summed E-state index contributed by atoms with van der Waals surface area (Å²) in [7, 11) is 0. The summed E-state index contributed by atoms with van der Waals surface area (Å²) in [6, 6.07) is 14.7. The normalized spacial score (nSPS) is 10.7. The second-order valence-corrected chi connectivity index (χ2v) is 4.69. The number of ketones is 2. The van der Waals surface area contributed by atoms with E-state index in [2.05, 4.69) is 0 Å². The lowest BCUT2D eigenvalue weighted by molar-refractivity contribution is 0.102. The Morgan fingerprint density at radius 1 is 0.700 bits per heavy atom. The van der Waals surface area contributed by atoms with E-state index < -0.39 is 0 Å². The third kappa shape index (κ3) is 3.09. The van der Waals surface area contributed by atoms with Gasteiger partial charge in [-0.2, -0.15) is 0 Å². The molecule has 0 fully saturated rings. The van der Waals surface area contributed by atoms with Crippen molar-refractivity contribution >= 4 is 11.6 Å². The highest BCUT2D eigenvalue weighted by atomic mass is 16.1. The number of carbonyl (C=O) groups excluding carboxylic acids is 2. The Kier molecular flexibility index (Phi) is 4.26. The third-order valence-corrected chi connectivity index (χ3v) is 3.21. The molecule has 0 aliphatic heterocycles. The fourth-order valence-corrected chi connectivity index (χ4v) is 2.03. The van der Waals surface area contributed by atoms with E-state index in [0.29, 0.717) is 11.1 Å². The number of benzene rings is 2. The van der Waals surface area contributed by atoms with Crippen molar-refractivity contribution in [1.82, 2.24) is 0 Å². The van der Waals surface area contributed by atoms with Crippen molar-refractivity contribution in [1.29, 1.82) is 0 Å². The van der Waals surface area contributed by atoms with Gasteiger partial charge >= 0.3 is 0 Å². The van der Waals surface area contributed by atoms with Crippen LogP contribution in [0.5, 0.6) is 0 Å². The van der Waals surface area contributed by atoms with E-state index in [1.165, 1.54) is 12.2 Å². The molecule has 0 aliphatic carbocycles. The SMILES string of the molecule is Cc1ccccc1C(=O)/C=C/C(=O)c1ccccc1C. The Balaban J connectivity index is 2.18. The highest BCUT2D eigenvalue weighted by Crippen LogP contribution is 2.11. The van der Waals surface area contributed by atoms with Crippen LogP contribution in [0.2, 0.25) is 0 Å². The molecule has 0 saturated heterocycles. The molecule has 0 unspecified atom stereocenters. The Labute approximate surface area is 118 Å². The molecule has 2 aromatic rings. The molecule has 0 radical (unpaired) electrons. The van der Waals surface area contributed by atoms with Crippen molar-refractivity contribution in [2.75, 3.05) is 0 Å². The molecule has 0 atom stereocenters. The minimum Gasteiger partial charge on any atom is -0.289 e.